The highest BCUT2D eigenvalue weighted by Crippen LogP contribution is 2.37. The lowest BCUT2D eigenvalue weighted by Gasteiger charge is -2.35. The Labute approximate surface area is 144 Å². The van der Waals surface area contributed by atoms with E-state index in [0.717, 1.165) is 11.6 Å². The molecular formula is C19H28ClN3. The lowest BCUT2D eigenvalue weighted by atomic mass is 9.80. The number of piperidine rings is 1. The normalized spacial score (nSPS) is 18.6. The summed E-state index contributed by atoms with van der Waals surface area (Å²) in [6.45, 7) is 6.64. The Morgan fingerprint density at radius 3 is 2.70 bits per heavy atom. The van der Waals surface area contributed by atoms with Crippen LogP contribution in [0.15, 0.2) is 24.4 Å². The van der Waals surface area contributed by atoms with E-state index in [1.165, 1.54) is 55.4 Å². The van der Waals surface area contributed by atoms with Gasteiger partial charge in [0, 0.05) is 35.1 Å². The van der Waals surface area contributed by atoms with Gasteiger partial charge < -0.3 is 15.2 Å². The van der Waals surface area contributed by atoms with Gasteiger partial charge in [-0.2, -0.15) is 0 Å². The van der Waals surface area contributed by atoms with Gasteiger partial charge in [-0.15, -0.1) is 0 Å². The first kappa shape index (κ1) is 16.8. The molecule has 3 nitrogen and oxygen atoms in total. The van der Waals surface area contributed by atoms with Gasteiger partial charge >= 0.3 is 0 Å². The van der Waals surface area contributed by atoms with Crippen LogP contribution >= 0.6 is 11.6 Å². The molecule has 1 fully saturated rings. The number of nitrogens with zero attached hydrogens (tertiary/aromatic N) is 2. The van der Waals surface area contributed by atoms with Gasteiger partial charge in [0.05, 0.1) is 0 Å². The van der Waals surface area contributed by atoms with Crippen molar-refractivity contribution in [2.75, 3.05) is 26.2 Å². The van der Waals surface area contributed by atoms with E-state index in [-0.39, 0.29) is 0 Å². The molecule has 0 amide bonds. The highest BCUT2D eigenvalue weighted by molar-refractivity contribution is 6.31. The van der Waals surface area contributed by atoms with E-state index in [9.17, 15) is 0 Å². The molecule has 2 heterocycles. The van der Waals surface area contributed by atoms with Crippen molar-refractivity contribution in [2.45, 2.75) is 32.1 Å². The van der Waals surface area contributed by atoms with Gasteiger partial charge in [0.2, 0.25) is 0 Å². The molecule has 0 aliphatic carbocycles. The second-order valence-corrected chi connectivity index (χ2v) is 7.31. The van der Waals surface area contributed by atoms with Crippen molar-refractivity contribution >= 4 is 22.5 Å². The summed E-state index contributed by atoms with van der Waals surface area (Å²) in [6.07, 6.45) is 6.02. The molecule has 3 rings (SSSR count). The number of hydrogen-bond donors (Lipinski definition) is 1. The molecular weight excluding hydrogens is 306 g/mol. The number of hydrogen-bond acceptors (Lipinski definition) is 2. The molecule has 0 bridgehead atoms. The standard InChI is InChI=1S/C19H28ClN3/c1-3-8-23-9-6-14(7-10-23)17(12-21)18-13-22(2)19-11-15(20)4-5-16(18)19/h4-5,11,13-14,17H,3,6-10,12,21H2,1-2H3. The minimum Gasteiger partial charge on any atom is -0.350 e. The van der Waals surface area contributed by atoms with Crippen LogP contribution in [0.1, 0.15) is 37.7 Å². The van der Waals surface area contributed by atoms with Gasteiger partial charge in [0.1, 0.15) is 0 Å². The van der Waals surface area contributed by atoms with Crippen molar-refractivity contribution in [1.29, 1.82) is 0 Å². The third-order valence-corrected chi connectivity index (χ3v) is 5.61. The Hall–Kier alpha value is -1.03. The largest absolute Gasteiger partial charge is 0.350 e. The van der Waals surface area contributed by atoms with Gasteiger partial charge in [-0.1, -0.05) is 24.6 Å². The summed E-state index contributed by atoms with van der Waals surface area (Å²) in [6, 6.07) is 6.20. The fourth-order valence-corrected chi connectivity index (χ4v) is 4.32. The van der Waals surface area contributed by atoms with Crippen molar-refractivity contribution < 1.29 is 0 Å². The van der Waals surface area contributed by atoms with E-state index in [1.54, 1.807) is 0 Å². The molecule has 1 aromatic carbocycles. The Balaban J connectivity index is 1.84. The summed E-state index contributed by atoms with van der Waals surface area (Å²) in [5.74, 6) is 1.14. The van der Waals surface area contributed by atoms with E-state index < -0.39 is 0 Å². The summed E-state index contributed by atoms with van der Waals surface area (Å²) < 4.78 is 2.19. The number of fused-ring (bicyclic) bond motifs is 1. The van der Waals surface area contributed by atoms with Crippen LogP contribution in [0.3, 0.4) is 0 Å². The minimum atomic E-state index is 0.448. The first-order valence-corrected chi connectivity index (χ1v) is 9.18. The van der Waals surface area contributed by atoms with Gasteiger partial charge in [-0.05, 0) is 69.1 Å². The van der Waals surface area contributed by atoms with Crippen molar-refractivity contribution in [3.8, 4) is 0 Å². The molecule has 0 radical (unpaired) electrons. The Morgan fingerprint density at radius 1 is 1.30 bits per heavy atom. The molecule has 2 N–H and O–H groups in total. The molecule has 2 aromatic rings. The first-order valence-electron chi connectivity index (χ1n) is 8.81. The van der Waals surface area contributed by atoms with E-state index in [2.05, 4.69) is 41.8 Å². The van der Waals surface area contributed by atoms with Crippen LogP contribution in [-0.2, 0) is 7.05 Å². The molecule has 0 saturated carbocycles. The molecule has 1 aliphatic heterocycles. The summed E-state index contributed by atoms with van der Waals surface area (Å²) in [7, 11) is 2.10. The molecule has 1 unspecified atom stereocenters. The third kappa shape index (κ3) is 3.42. The monoisotopic (exact) mass is 333 g/mol. The van der Waals surface area contributed by atoms with E-state index in [1.807, 2.05) is 6.07 Å². The maximum absolute atomic E-state index is 6.21. The summed E-state index contributed by atoms with van der Waals surface area (Å²) in [4.78, 5) is 2.59. The summed E-state index contributed by atoms with van der Waals surface area (Å²) >= 11 is 6.16. The van der Waals surface area contributed by atoms with Crippen LogP contribution in [0.5, 0.6) is 0 Å². The molecule has 4 heteroatoms. The highest BCUT2D eigenvalue weighted by Gasteiger charge is 2.28. The third-order valence-electron chi connectivity index (χ3n) is 5.38. The maximum Gasteiger partial charge on any atom is 0.0495 e. The molecule has 1 atom stereocenters. The summed E-state index contributed by atoms with van der Waals surface area (Å²) in [5.41, 5.74) is 8.81. The van der Waals surface area contributed by atoms with Crippen LogP contribution in [0.2, 0.25) is 5.02 Å². The average molecular weight is 334 g/mol. The van der Waals surface area contributed by atoms with Crippen LogP contribution in [0.25, 0.3) is 10.9 Å². The fraction of sp³-hybridized carbons (Fsp3) is 0.579. The number of aromatic nitrogens is 1. The van der Waals surface area contributed by atoms with Crippen molar-refractivity contribution in [3.63, 3.8) is 0 Å². The van der Waals surface area contributed by atoms with Gasteiger partial charge in [-0.3, -0.25) is 0 Å². The molecule has 23 heavy (non-hydrogen) atoms. The van der Waals surface area contributed by atoms with Crippen molar-refractivity contribution in [3.05, 3.63) is 35.0 Å². The molecule has 0 spiro atoms. The lowest BCUT2D eigenvalue weighted by Crippen LogP contribution is -2.37. The topological polar surface area (TPSA) is 34.2 Å². The number of aryl methyl sites for hydroxylation is 1. The second kappa shape index (κ2) is 7.25. The molecule has 126 valence electrons. The Bertz CT molecular complexity index is 656. The Morgan fingerprint density at radius 2 is 2.04 bits per heavy atom. The maximum atomic E-state index is 6.21. The lowest BCUT2D eigenvalue weighted by molar-refractivity contribution is 0.170. The predicted molar refractivity (Wildman–Crippen MR) is 99.2 cm³/mol. The van der Waals surface area contributed by atoms with Crippen LogP contribution in [-0.4, -0.2) is 35.6 Å². The van der Waals surface area contributed by atoms with Gasteiger partial charge in [0.25, 0.3) is 0 Å². The minimum absolute atomic E-state index is 0.448. The molecule has 1 saturated heterocycles. The van der Waals surface area contributed by atoms with Gasteiger partial charge in [-0.25, -0.2) is 0 Å². The van der Waals surface area contributed by atoms with Crippen molar-refractivity contribution in [2.24, 2.45) is 18.7 Å². The fourth-order valence-electron chi connectivity index (χ4n) is 4.15. The number of benzene rings is 1. The van der Waals surface area contributed by atoms with Crippen molar-refractivity contribution in [1.82, 2.24) is 9.47 Å². The molecule has 1 aliphatic rings. The predicted octanol–water partition coefficient (Wildman–Crippen LogP) is 4.00. The quantitative estimate of drug-likeness (QED) is 0.897. The zero-order valence-electron chi connectivity index (χ0n) is 14.3. The summed E-state index contributed by atoms with van der Waals surface area (Å²) in [5, 5.41) is 2.10. The Kier molecular flexibility index (Phi) is 5.30. The van der Waals surface area contributed by atoms with Crippen LogP contribution in [0, 0.1) is 5.92 Å². The SMILES string of the molecule is CCCN1CCC(C(CN)c2cn(C)c3cc(Cl)ccc23)CC1. The molecule has 1 aromatic heterocycles. The second-order valence-electron chi connectivity index (χ2n) is 6.88. The average Bonchev–Trinajstić information content (AvgIpc) is 2.86. The number of nitrogens with two attached hydrogens (primary N) is 1. The van der Waals surface area contributed by atoms with E-state index >= 15 is 0 Å². The van der Waals surface area contributed by atoms with E-state index in [4.69, 9.17) is 17.3 Å². The number of halogens is 1. The van der Waals surface area contributed by atoms with Crippen LogP contribution < -0.4 is 5.73 Å². The zero-order valence-corrected chi connectivity index (χ0v) is 15.0. The zero-order chi connectivity index (χ0) is 16.4. The number of likely N-dealkylation sites (tertiary alicyclic amines) is 1. The highest BCUT2D eigenvalue weighted by atomic mass is 35.5. The van der Waals surface area contributed by atoms with Crippen LogP contribution in [0.4, 0.5) is 0 Å². The smallest absolute Gasteiger partial charge is 0.0495 e. The number of rotatable bonds is 5. The van der Waals surface area contributed by atoms with Gasteiger partial charge in [0.15, 0.2) is 0 Å². The first-order chi connectivity index (χ1) is 11.1. The van der Waals surface area contributed by atoms with E-state index in [0.29, 0.717) is 11.8 Å².